The first-order chi connectivity index (χ1) is 29.4. The molecule has 0 amide bonds. The third-order valence-electron chi connectivity index (χ3n) is 12.8. The SMILES string of the molecule is CC(C)c1cc(N(C2=COC3C=CC=CC23)c2coc3ccccc23)c2ccc3c(C(C)C)cc(N(c4coc5ccccc45)c4coc5ccccc45)c4ccc1c2c34. The molecule has 6 nitrogen and oxygen atoms in total. The van der Waals surface area contributed by atoms with Crippen LogP contribution < -0.4 is 9.80 Å². The molecular weight excluding hydrogens is 741 g/mol. The number of furan rings is 3. The number of fused-ring (bicyclic) bond motifs is 4. The number of ether oxygens (including phenoxy) is 1. The van der Waals surface area contributed by atoms with Crippen molar-refractivity contribution >= 4 is 93.7 Å². The third-order valence-corrected chi connectivity index (χ3v) is 12.8. The van der Waals surface area contributed by atoms with Gasteiger partial charge in [0.05, 0.1) is 40.1 Å². The van der Waals surface area contributed by atoms with Crippen LogP contribution in [0.5, 0.6) is 0 Å². The summed E-state index contributed by atoms with van der Waals surface area (Å²) in [6.45, 7) is 9.20. The number of hydrogen-bond donors (Lipinski definition) is 0. The lowest BCUT2D eigenvalue weighted by molar-refractivity contribution is 0.192. The normalized spacial score (nSPS) is 16.4. The van der Waals surface area contributed by atoms with Crippen LogP contribution in [0.25, 0.3) is 65.2 Å². The van der Waals surface area contributed by atoms with Crippen molar-refractivity contribution in [1.82, 2.24) is 0 Å². The van der Waals surface area contributed by atoms with E-state index in [1.54, 1.807) is 0 Å². The van der Waals surface area contributed by atoms with E-state index in [4.69, 9.17) is 18.0 Å². The molecule has 0 N–H and O–H groups in total. The van der Waals surface area contributed by atoms with Crippen LogP contribution in [-0.4, -0.2) is 6.10 Å². The number of rotatable bonds is 8. The Morgan fingerprint density at radius 3 is 1.38 bits per heavy atom. The highest BCUT2D eigenvalue weighted by Crippen LogP contribution is 2.53. The van der Waals surface area contributed by atoms with Gasteiger partial charge in [0.15, 0.2) is 0 Å². The van der Waals surface area contributed by atoms with Crippen molar-refractivity contribution in [1.29, 1.82) is 0 Å². The largest absolute Gasteiger partial charge is 0.491 e. The molecule has 12 rings (SSSR count). The Morgan fingerprint density at radius 1 is 0.450 bits per heavy atom. The van der Waals surface area contributed by atoms with E-state index in [9.17, 15) is 0 Å². The second-order valence-corrected chi connectivity index (χ2v) is 16.8. The van der Waals surface area contributed by atoms with Gasteiger partial charge >= 0.3 is 0 Å². The van der Waals surface area contributed by atoms with Crippen LogP contribution in [0.3, 0.4) is 0 Å². The maximum Gasteiger partial charge on any atom is 0.136 e. The summed E-state index contributed by atoms with van der Waals surface area (Å²) in [6, 6.07) is 39.0. The van der Waals surface area contributed by atoms with Crippen LogP contribution in [0.1, 0.15) is 50.7 Å². The molecule has 0 spiro atoms. The molecule has 292 valence electrons. The van der Waals surface area contributed by atoms with Gasteiger partial charge in [0.2, 0.25) is 0 Å². The van der Waals surface area contributed by atoms with Crippen LogP contribution in [0.15, 0.2) is 177 Å². The molecule has 10 aromatic rings. The summed E-state index contributed by atoms with van der Waals surface area (Å²) < 4.78 is 25.3. The highest BCUT2D eigenvalue weighted by molar-refractivity contribution is 6.30. The zero-order chi connectivity index (χ0) is 40.2. The second-order valence-electron chi connectivity index (χ2n) is 16.8. The van der Waals surface area contributed by atoms with E-state index in [2.05, 4.69) is 135 Å². The Hall–Kier alpha value is -7.18. The summed E-state index contributed by atoms with van der Waals surface area (Å²) in [5.41, 5.74) is 11.2. The first-order valence-electron chi connectivity index (χ1n) is 20.9. The molecule has 60 heavy (non-hydrogen) atoms. The van der Waals surface area contributed by atoms with Crippen molar-refractivity contribution in [3.8, 4) is 0 Å². The minimum atomic E-state index is -0.0739. The molecule has 2 unspecified atom stereocenters. The smallest absolute Gasteiger partial charge is 0.136 e. The zero-order valence-electron chi connectivity index (χ0n) is 33.8. The van der Waals surface area contributed by atoms with Crippen molar-refractivity contribution in [2.45, 2.75) is 45.6 Å². The molecule has 1 aliphatic heterocycles. The fourth-order valence-corrected chi connectivity index (χ4v) is 9.95. The number of para-hydroxylation sites is 3. The van der Waals surface area contributed by atoms with Gasteiger partial charge in [-0.25, -0.2) is 0 Å². The topological polar surface area (TPSA) is 55.1 Å². The molecule has 2 aliphatic rings. The van der Waals surface area contributed by atoms with Gasteiger partial charge in [0.25, 0.3) is 0 Å². The van der Waals surface area contributed by atoms with E-state index in [0.717, 1.165) is 72.4 Å². The van der Waals surface area contributed by atoms with E-state index < -0.39 is 0 Å². The monoisotopic (exact) mass is 782 g/mol. The highest BCUT2D eigenvalue weighted by Gasteiger charge is 2.36. The van der Waals surface area contributed by atoms with E-state index >= 15 is 0 Å². The summed E-state index contributed by atoms with van der Waals surface area (Å²) in [7, 11) is 0. The van der Waals surface area contributed by atoms with E-state index in [1.807, 2.05) is 61.4 Å². The Balaban J connectivity index is 1.20. The van der Waals surface area contributed by atoms with Gasteiger partial charge in [-0.1, -0.05) is 107 Å². The van der Waals surface area contributed by atoms with Crippen LogP contribution in [0, 0.1) is 5.92 Å². The van der Waals surface area contributed by atoms with Crippen LogP contribution in [-0.2, 0) is 4.74 Å². The summed E-state index contributed by atoms with van der Waals surface area (Å²) in [5.74, 6) is 0.511. The average Bonchev–Trinajstić information content (AvgIpc) is 4.10. The summed E-state index contributed by atoms with van der Waals surface area (Å²) in [4.78, 5) is 4.76. The molecule has 4 heterocycles. The van der Waals surface area contributed by atoms with Crippen molar-refractivity contribution in [3.05, 3.63) is 175 Å². The number of nitrogens with zero attached hydrogens (tertiary/aromatic N) is 2. The zero-order valence-corrected chi connectivity index (χ0v) is 33.8. The summed E-state index contributed by atoms with van der Waals surface area (Å²) in [6.07, 6.45) is 16.2. The van der Waals surface area contributed by atoms with Gasteiger partial charge < -0.3 is 27.8 Å². The molecule has 0 saturated heterocycles. The lowest BCUT2D eigenvalue weighted by Gasteiger charge is -2.32. The van der Waals surface area contributed by atoms with Crippen molar-refractivity contribution < 1.29 is 18.0 Å². The van der Waals surface area contributed by atoms with Crippen molar-refractivity contribution in [2.24, 2.45) is 5.92 Å². The van der Waals surface area contributed by atoms with Gasteiger partial charge in [0.1, 0.15) is 47.9 Å². The van der Waals surface area contributed by atoms with Crippen LogP contribution in [0.2, 0.25) is 0 Å². The molecule has 6 heteroatoms. The lowest BCUT2D eigenvalue weighted by Crippen LogP contribution is -2.25. The molecule has 1 aliphatic carbocycles. The van der Waals surface area contributed by atoms with Gasteiger partial charge in [0, 0.05) is 26.9 Å². The maximum absolute atomic E-state index is 6.41. The molecule has 7 aromatic carbocycles. The Labute approximate surface area is 347 Å². The summed E-state index contributed by atoms with van der Waals surface area (Å²) in [5, 5.41) is 10.4. The average molecular weight is 783 g/mol. The standard InChI is InChI=1S/C54H42N2O4/c1-31(2)41-25-43(55(45-27-57-49-17-9-5-13-35(45)49)46-28-58-50-18-10-6-14-36(46)50)39-24-22-34-42(32(3)4)26-44(40-23-21-33(41)53(39)54(34)40)56(47-29-59-51-19-11-7-15-37(47)51)48-30-60-52-20-12-8-16-38(48)52/h5-32,35,49H,1-4H3. The minimum absolute atomic E-state index is 0.0342. The van der Waals surface area contributed by atoms with E-state index in [0.29, 0.717) is 0 Å². The molecule has 0 bridgehead atoms. The lowest BCUT2D eigenvalue weighted by atomic mass is 9.83. The highest BCUT2D eigenvalue weighted by atomic mass is 16.5. The quantitative estimate of drug-likeness (QED) is 0.143. The fraction of sp³-hybridized carbons (Fsp3) is 0.148. The third kappa shape index (κ3) is 5.00. The van der Waals surface area contributed by atoms with Gasteiger partial charge in [-0.3, -0.25) is 0 Å². The predicted molar refractivity (Wildman–Crippen MR) is 246 cm³/mol. The van der Waals surface area contributed by atoms with Crippen molar-refractivity contribution in [2.75, 3.05) is 9.80 Å². The molecular formula is C54H42N2O4. The Kier molecular flexibility index (Phi) is 7.64. The molecule has 0 radical (unpaired) electrons. The van der Waals surface area contributed by atoms with Gasteiger partial charge in [-0.15, -0.1) is 0 Å². The predicted octanol–water partition coefficient (Wildman–Crippen LogP) is 15.7. The molecule has 0 fully saturated rings. The first kappa shape index (κ1) is 34.8. The number of hydrogen-bond acceptors (Lipinski definition) is 6. The minimum Gasteiger partial charge on any atom is -0.491 e. The molecule has 0 saturated carbocycles. The Bertz CT molecular complexity index is 3330. The first-order valence-corrected chi connectivity index (χ1v) is 20.9. The number of benzene rings is 7. The van der Waals surface area contributed by atoms with Gasteiger partial charge in [-0.05, 0) is 99.1 Å². The second kappa shape index (κ2) is 13.2. The molecule has 2 atom stereocenters. The van der Waals surface area contributed by atoms with Crippen LogP contribution in [0.4, 0.5) is 28.4 Å². The van der Waals surface area contributed by atoms with E-state index in [-0.39, 0.29) is 23.9 Å². The van der Waals surface area contributed by atoms with Gasteiger partial charge in [-0.2, -0.15) is 0 Å². The van der Waals surface area contributed by atoms with Crippen LogP contribution >= 0.6 is 0 Å². The Morgan fingerprint density at radius 2 is 0.883 bits per heavy atom. The fourth-order valence-electron chi connectivity index (χ4n) is 9.95. The summed E-state index contributed by atoms with van der Waals surface area (Å²) >= 11 is 0. The molecule has 3 aromatic heterocycles. The van der Waals surface area contributed by atoms with E-state index in [1.165, 1.54) is 38.1 Å². The number of anilines is 5. The van der Waals surface area contributed by atoms with Crippen molar-refractivity contribution in [3.63, 3.8) is 0 Å². The maximum atomic E-state index is 6.41. The number of allylic oxidation sites excluding steroid dienone is 2.